The fourth-order valence-electron chi connectivity index (χ4n) is 1.26. The van der Waals surface area contributed by atoms with Crippen LogP contribution in [0.25, 0.3) is 0 Å². The first-order valence-corrected chi connectivity index (χ1v) is 6.37. The van der Waals surface area contributed by atoms with Gasteiger partial charge in [0.05, 0.1) is 5.56 Å². The number of halogens is 1. The summed E-state index contributed by atoms with van der Waals surface area (Å²) in [7, 11) is 0. The Labute approximate surface area is 110 Å². The van der Waals surface area contributed by atoms with E-state index >= 15 is 0 Å². The molecule has 1 aromatic carbocycles. The second-order valence-corrected chi connectivity index (χ2v) is 5.20. The smallest absolute Gasteiger partial charge is 0.252 e. The number of hydrogen-bond donors (Lipinski definition) is 2. The molecule has 0 heterocycles. The number of nitrogens with one attached hydrogen (secondary N) is 1. The first-order chi connectivity index (χ1) is 7.54. The van der Waals surface area contributed by atoms with Crippen molar-refractivity contribution >= 4 is 28.5 Å². The minimum absolute atomic E-state index is 0.0200. The lowest BCUT2D eigenvalue weighted by Gasteiger charge is -2.11. The van der Waals surface area contributed by atoms with Crippen molar-refractivity contribution in [3.05, 3.63) is 32.9 Å². The fraction of sp³-hybridized carbons (Fsp3) is 0.417. The van der Waals surface area contributed by atoms with E-state index in [1.54, 1.807) is 0 Å². The number of carbonyl (C=O) groups is 1. The SMILES string of the molecule is Cc1ccc(I)c(C(=O)NCC(C)CN)c1. The van der Waals surface area contributed by atoms with Crippen LogP contribution in [0.2, 0.25) is 0 Å². The molecule has 1 aromatic rings. The van der Waals surface area contributed by atoms with Crippen molar-refractivity contribution in [1.29, 1.82) is 0 Å². The maximum Gasteiger partial charge on any atom is 0.252 e. The van der Waals surface area contributed by atoms with Crippen LogP contribution >= 0.6 is 22.6 Å². The summed E-state index contributed by atoms with van der Waals surface area (Å²) >= 11 is 2.17. The number of nitrogens with two attached hydrogens (primary N) is 1. The van der Waals surface area contributed by atoms with E-state index in [4.69, 9.17) is 5.73 Å². The zero-order chi connectivity index (χ0) is 12.1. The van der Waals surface area contributed by atoms with Gasteiger partial charge in [-0.15, -0.1) is 0 Å². The van der Waals surface area contributed by atoms with Crippen LogP contribution in [0.15, 0.2) is 18.2 Å². The third-order valence-electron chi connectivity index (χ3n) is 2.38. The lowest BCUT2D eigenvalue weighted by atomic mass is 10.1. The van der Waals surface area contributed by atoms with E-state index in [0.29, 0.717) is 19.0 Å². The molecule has 1 unspecified atom stereocenters. The van der Waals surface area contributed by atoms with E-state index in [9.17, 15) is 4.79 Å². The summed E-state index contributed by atoms with van der Waals surface area (Å²) in [6.07, 6.45) is 0. The van der Waals surface area contributed by atoms with Crippen LogP contribution in [0.1, 0.15) is 22.8 Å². The number of amides is 1. The summed E-state index contributed by atoms with van der Waals surface area (Å²) in [4.78, 5) is 11.9. The molecule has 88 valence electrons. The molecule has 0 aliphatic heterocycles. The van der Waals surface area contributed by atoms with Gasteiger partial charge in [-0.05, 0) is 54.1 Å². The fourth-order valence-corrected chi connectivity index (χ4v) is 1.84. The first kappa shape index (κ1) is 13.4. The van der Waals surface area contributed by atoms with Gasteiger partial charge in [0.1, 0.15) is 0 Å². The Morgan fingerprint density at radius 1 is 1.56 bits per heavy atom. The van der Waals surface area contributed by atoms with Crippen LogP contribution < -0.4 is 11.1 Å². The molecule has 0 aliphatic rings. The van der Waals surface area contributed by atoms with Crippen molar-refractivity contribution in [3.63, 3.8) is 0 Å². The topological polar surface area (TPSA) is 55.1 Å². The van der Waals surface area contributed by atoms with Crippen molar-refractivity contribution < 1.29 is 4.79 Å². The maximum absolute atomic E-state index is 11.9. The second kappa shape index (κ2) is 6.20. The average Bonchev–Trinajstić information content (AvgIpc) is 2.28. The van der Waals surface area contributed by atoms with Crippen LogP contribution in [-0.2, 0) is 0 Å². The van der Waals surface area contributed by atoms with E-state index in [0.717, 1.165) is 14.7 Å². The Morgan fingerprint density at radius 3 is 2.88 bits per heavy atom. The molecule has 0 bridgehead atoms. The number of carbonyl (C=O) groups excluding carboxylic acids is 1. The zero-order valence-corrected chi connectivity index (χ0v) is 11.7. The van der Waals surface area contributed by atoms with Crippen LogP contribution in [-0.4, -0.2) is 19.0 Å². The summed E-state index contributed by atoms with van der Waals surface area (Å²) in [6.45, 7) is 5.21. The van der Waals surface area contributed by atoms with Crippen molar-refractivity contribution in [1.82, 2.24) is 5.32 Å². The Balaban J connectivity index is 2.69. The lowest BCUT2D eigenvalue weighted by molar-refractivity contribution is 0.0947. The molecule has 0 aliphatic carbocycles. The number of aryl methyl sites for hydroxylation is 1. The van der Waals surface area contributed by atoms with Gasteiger partial charge in [0.25, 0.3) is 5.91 Å². The average molecular weight is 332 g/mol. The molecule has 3 nitrogen and oxygen atoms in total. The molecule has 3 N–H and O–H groups in total. The molecule has 1 amide bonds. The Kier molecular flexibility index (Phi) is 5.21. The normalized spacial score (nSPS) is 12.2. The van der Waals surface area contributed by atoms with Gasteiger partial charge in [-0.25, -0.2) is 0 Å². The third-order valence-corrected chi connectivity index (χ3v) is 3.32. The van der Waals surface area contributed by atoms with Crippen LogP contribution in [0.3, 0.4) is 0 Å². The highest BCUT2D eigenvalue weighted by Gasteiger charge is 2.10. The van der Waals surface area contributed by atoms with Crippen molar-refractivity contribution in [2.75, 3.05) is 13.1 Å². The summed E-state index contributed by atoms with van der Waals surface area (Å²) < 4.78 is 0.973. The van der Waals surface area contributed by atoms with Crippen LogP contribution in [0.5, 0.6) is 0 Å². The molecule has 0 spiro atoms. The van der Waals surface area contributed by atoms with Gasteiger partial charge in [-0.3, -0.25) is 4.79 Å². The molecule has 0 aromatic heterocycles. The van der Waals surface area contributed by atoms with Gasteiger partial charge in [-0.1, -0.05) is 18.6 Å². The molecular formula is C12H17IN2O. The zero-order valence-electron chi connectivity index (χ0n) is 9.59. The van der Waals surface area contributed by atoms with Gasteiger partial charge in [0.2, 0.25) is 0 Å². The predicted molar refractivity (Wildman–Crippen MR) is 74.4 cm³/mol. The van der Waals surface area contributed by atoms with E-state index in [-0.39, 0.29) is 5.91 Å². The van der Waals surface area contributed by atoms with Gasteiger partial charge in [0.15, 0.2) is 0 Å². The van der Waals surface area contributed by atoms with Gasteiger partial charge < -0.3 is 11.1 Å². The van der Waals surface area contributed by atoms with E-state index < -0.39 is 0 Å². The molecular weight excluding hydrogens is 315 g/mol. The third kappa shape index (κ3) is 3.75. The number of rotatable bonds is 4. The van der Waals surface area contributed by atoms with E-state index in [1.807, 2.05) is 32.0 Å². The Hall–Kier alpha value is -0.620. The number of benzene rings is 1. The minimum atomic E-state index is -0.0200. The summed E-state index contributed by atoms with van der Waals surface area (Å²) in [5, 5.41) is 2.89. The van der Waals surface area contributed by atoms with Crippen molar-refractivity contribution in [3.8, 4) is 0 Å². The first-order valence-electron chi connectivity index (χ1n) is 5.29. The Bertz CT molecular complexity index is 379. The highest BCUT2D eigenvalue weighted by Crippen LogP contribution is 2.14. The molecule has 1 atom stereocenters. The van der Waals surface area contributed by atoms with Gasteiger partial charge in [-0.2, -0.15) is 0 Å². The van der Waals surface area contributed by atoms with Gasteiger partial charge >= 0.3 is 0 Å². The Morgan fingerprint density at radius 2 is 2.25 bits per heavy atom. The molecule has 0 saturated heterocycles. The van der Waals surface area contributed by atoms with Crippen molar-refractivity contribution in [2.24, 2.45) is 11.7 Å². The van der Waals surface area contributed by atoms with Gasteiger partial charge in [0, 0.05) is 10.1 Å². The molecule has 0 radical (unpaired) electrons. The predicted octanol–water partition coefficient (Wildman–Crippen LogP) is 1.92. The number of hydrogen-bond acceptors (Lipinski definition) is 2. The molecule has 1 rings (SSSR count). The molecule has 0 fully saturated rings. The standard InChI is InChI=1S/C12H17IN2O/c1-8-3-4-11(13)10(5-8)12(16)15-7-9(2)6-14/h3-5,9H,6-7,14H2,1-2H3,(H,15,16). The van der Waals surface area contributed by atoms with E-state index in [2.05, 4.69) is 27.9 Å². The highest BCUT2D eigenvalue weighted by atomic mass is 127. The minimum Gasteiger partial charge on any atom is -0.352 e. The molecule has 0 saturated carbocycles. The monoisotopic (exact) mass is 332 g/mol. The molecule has 4 heteroatoms. The summed E-state index contributed by atoms with van der Waals surface area (Å²) in [5.74, 6) is 0.292. The maximum atomic E-state index is 11.9. The summed E-state index contributed by atoms with van der Waals surface area (Å²) in [5.41, 5.74) is 7.33. The van der Waals surface area contributed by atoms with Crippen molar-refractivity contribution in [2.45, 2.75) is 13.8 Å². The van der Waals surface area contributed by atoms with Crippen LogP contribution in [0, 0.1) is 16.4 Å². The quantitative estimate of drug-likeness (QED) is 0.828. The second-order valence-electron chi connectivity index (χ2n) is 4.03. The van der Waals surface area contributed by atoms with Crippen LogP contribution in [0.4, 0.5) is 0 Å². The molecule has 16 heavy (non-hydrogen) atoms. The van der Waals surface area contributed by atoms with E-state index in [1.165, 1.54) is 0 Å². The summed E-state index contributed by atoms with van der Waals surface area (Å²) in [6, 6.07) is 5.86. The highest BCUT2D eigenvalue weighted by molar-refractivity contribution is 14.1. The lowest BCUT2D eigenvalue weighted by Crippen LogP contribution is -2.31. The largest absolute Gasteiger partial charge is 0.352 e.